The number of unbranched alkanes of at least 4 members (excludes halogenated alkanes) is 2. The van der Waals surface area contributed by atoms with E-state index in [2.05, 4.69) is 41.0 Å². The predicted octanol–water partition coefficient (Wildman–Crippen LogP) is -0.854. The number of imidazole rings is 1. The first-order valence-electron chi connectivity index (χ1n) is 6.23. The van der Waals surface area contributed by atoms with E-state index in [1.54, 1.807) is 0 Å². The smallest absolute Gasteiger partial charge is 0.304 e. The van der Waals surface area contributed by atoms with E-state index in [1.165, 1.54) is 6.21 Å². The summed E-state index contributed by atoms with van der Waals surface area (Å²) in [6.07, 6.45) is 13.6. The van der Waals surface area contributed by atoms with E-state index >= 15 is 0 Å². The number of rotatable bonds is 5. The van der Waals surface area contributed by atoms with Crippen LogP contribution >= 0.6 is 0 Å². The summed E-state index contributed by atoms with van der Waals surface area (Å²) in [6, 6.07) is 0. The molecular formula is C14H22ClN3O. The molecule has 1 rings (SSSR count). The summed E-state index contributed by atoms with van der Waals surface area (Å²) in [5.41, 5.74) is -0.0411. The van der Waals surface area contributed by atoms with Crippen LogP contribution in [0, 0.1) is 12.3 Å². The van der Waals surface area contributed by atoms with Crippen LogP contribution in [0.15, 0.2) is 17.5 Å². The monoisotopic (exact) mass is 283 g/mol. The quantitative estimate of drug-likeness (QED) is 0.188. The van der Waals surface area contributed by atoms with Crippen LogP contribution in [0.3, 0.4) is 0 Å². The van der Waals surface area contributed by atoms with Crippen molar-refractivity contribution >= 4 is 6.21 Å². The van der Waals surface area contributed by atoms with Gasteiger partial charge < -0.3 is 17.6 Å². The number of nitrogens with zero attached hydrogens (tertiary/aromatic N) is 3. The molecule has 0 amide bonds. The van der Waals surface area contributed by atoms with E-state index in [0.29, 0.717) is 0 Å². The van der Waals surface area contributed by atoms with E-state index in [-0.39, 0.29) is 17.9 Å². The molecule has 5 heteroatoms. The maximum absolute atomic E-state index is 8.78. The predicted molar refractivity (Wildman–Crippen MR) is 71.7 cm³/mol. The average molecular weight is 284 g/mol. The van der Waals surface area contributed by atoms with Gasteiger partial charge in [-0.2, -0.15) is 0 Å². The average Bonchev–Trinajstić information content (AvgIpc) is 2.68. The molecule has 0 saturated heterocycles. The maximum Gasteiger partial charge on any atom is 0.304 e. The Labute approximate surface area is 121 Å². The van der Waals surface area contributed by atoms with Crippen LogP contribution in [0.2, 0.25) is 0 Å². The van der Waals surface area contributed by atoms with Crippen molar-refractivity contribution in [2.24, 2.45) is 5.16 Å². The van der Waals surface area contributed by atoms with Crippen molar-refractivity contribution in [3.8, 4) is 12.3 Å². The van der Waals surface area contributed by atoms with Crippen LogP contribution < -0.4 is 17.0 Å². The van der Waals surface area contributed by atoms with E-state index < -0.39 is 0 Å². The number of aromatic nitrogens is 2. The second-order valence-corrected chi connectivity index (χ2v) is 5.30. The molecule has 4 nitrogen and oxygen atoms in total. The molecule has 0 atom stereocenters. The zero-order valence-corrected chi connectivity index (χ0v) is 12.6. The van der Waals surface area contributed by atoms with Crippen molar-refractivity contribution in [2.75, 3.05) is 0 Å². The molecule has 0 aliphatic carbocycles. The fourth-order valence-electron chi connectivity index (χ4n) is 1.89. The number of hydrogen-bond acceptors (Lipinski definition) is 2. The number of hydrogen-bond donors (Lipinski definition) is 1. The van der Waals surface area contributed by atoms with E-state index in [9.17, 15) is 0 Å². The second-order valence-electron chi connectivity index (χ2n) is 5.30. The molecule has 1 aromatic rings. The Hall–Kier alpha value is -1.47. The molecule has 0 bridgehead atoms. The minimum Gasteiger partial charge on any atom is -1.00 e. The highest BCUT2D eigenvalue weighted by Crippen LogP contribution is 2.14. The minimum absolute atomic E-state index is 0. The molecule has 19 heavy (non-hydrogen) atoms. The van der Waals surface area contributed by atoms with Gasteiger partial charge in [0, 0.05) is 6.42 Å². The first kappa shape index (κ1) is 17.5. The van der Waals surface area contributed by atoms with Gasteiger partial charge in [0.15, 0.2) is 6.21 Å². The maximum atomic E-state index is 8.78. The molecule has 0 radical (unpaired) electrons. The topological polar surface area (TPSA) is 41.4 Å². The molecule has 0 fully saturated rings. The molecule has 0 aromatic carbocycles. The number of halogens is 1. The van der Waals surface area contributed by atoms with Crippen LogP contribution in [0.1, 0.15) is 45.9 Å². The lowest BCUT2D eigenvalue weighted by Crippen LogP contribution is -3.00. The van der Waals surface area contributed by atoms with Crippen molar-refractivity contribution in [2.45, 2.75) is 52.1 Å². The molecule has 106 valence electrons. The number of terminal acetylenes is 1. The van der Waals surface area contributed by atoms with Crippen molar-refractivity contribution in [3.05, 3.63) is 18.2 Å². The zero-order chi connectivity index (χ0) is 13.6. The minimum atomic E-state index is -0.0411. The summed E-state index contributed by atoms with van der Waals surface area (Å²) in [4.78, 5) is 0. The molecule has 0 unspecified atom stereocenters. The van der Waals surface area contributed by atoms with Crippen molar-refractivity contribution in [1.29, 1.82) is 0 Å². The third-order valence-electron chi connectivity index (χ3n) is 2.80. The van der Waals surface area contributed by atoms with Gasteiger partial charge in [0.25, 0.3) is 0 Å². The normalized spacial score (nSPS) is 11.3. The molecular weight excluding hydrogens is 262 g/mol. The largest absolute Gasteiger partial charge is 1.00 e. The highest BCUT2D eigenvalue weighted by Gasteiger charge is 2.25. The van der Waals surface area contributed by atoms with Gasteiger partial charge in [-0.05, 0) is 33.6 Å². The van der Waals surface area contributed by atoms with Crippen molar-refractivity contribution < 1.29 is 22.2 Å². The molecule has 1 N–H and O–H groups in total. The second kappa shape index (κ2) is 7.85. The lowest BCUT2D eigenvalue weighted by Gasteiger charge is -2.15. The van der Waals surface area contributed by atoms with Crippen LogP contribution in [-0.2, 0) is 12.1 Å². The lowest BCUT2D eigenvalue weighted by molar-refractivity contribution is -0.697. The summed E-state index contributed by atoms with van der Waals surface area (Å²) in [5.74, 6) is 3.54. The van der Waals surface area contributed by atoms with Gasteiger partial charge in [0.05, 0.1) is 6.54 Å². The first-order valence-corrected chi connectivity index (χ1v) is 6.23. The highest BCUT2D eigenvalue weighted by molar-refractivity contribution is 5.72. The van der Waals surface area contributed by atoms with Crippen LogP contribution in [0.25, 0.3) is 0 Å². The van der Waals surface area contributed by atoms with Gasteiger partial charge in [-0.3, -0.25) is 0 Å². The Bertz CT molecular complexity index is 452. The fourth-order valence-corrected chi connectivity index (χ4v) is 1.89. The SMILES string of the molecule is C#CCCCC[n+]1ccn(C(C)(C)C)c1/C=N/O.[Cl-]. The van der Waals surface area contributed by atoms with Gasteiger partial charge in [-0.25, -0.2) is 9.13 Å². The summed E-state index contributed by atoms with van der Waals surface area (Å²) in [6.45, 7) is 7.23. The summed E-state index contributed by atoms with van der Waals surface area (Å²) < 4.78 is 4.18. The Morgan fingerprint density at radius 2 is 2.16 bits per heavy atom. The Morgan fingerprint density at radius 3 is 2.68 bits per heavy atom. The fraction of sp³-hybridized carbons (Fsp3) is 0.571. The Morgan fingerprint density at radius 1 is 1.47 bits per heavy atom. The van der Waals surface area contributed by atoms with E-state index in [4.69, 9.17) is 11.6 Å². The zero-order valence-electron chi connectivity index (χ0n) is 11.8. The molecule has 0 saturated carbocycles. The van der Waals surface area contributed by atoms with E-state index in [1.807, 2.05) is 12.4 Å². The number of aryl methyl sites for hydroxylation is 1. The summed E-state index contributed by atoms with van der Waals surface area (Å²) in [5, 5.41) is 11.9. The standard InChI is InChI=1S/C14H21N3O.ClH/c1-5-6-7-8-9-16-10-11-17(14(2,3)4)13(16)12-15-18;/h1,10-12H,6-9H2,2-4H3;1H. The van der Waals surface area contributed by atoms with E-state index in [0.717, 1.165) is 31.6 Å². The molecule has 0 spiro atoms. The lowest BCUT2D eigenvalue weighted by atomic mass is 10.1. The van der Waals surface area contributed by atoms with Gasteiger partial charge in [0.1, 0.15) is 17.9 Å². The third-order valence-corrected chi connectivity index (χ3v) is 2.80. The van der Waals surface area contributed by atoms with Crippen molar-refractivity contribution in [1.82, 2.24) is 4.57 Å². The first-order chi connectivity index (χ1) is 8.50. The van der Waals surface area contributed by atoms with Gasteiger partial charge >= 0.3 is 5.82 Å². The molecule has 0 aliphatic heterocycles. The summed E-state index contributed by atoms with van der Waals surface area (Å²) in [7, 11) is 0. The molecule has 1 aromatic heterocycles. The Kier molecular flexibility index (Phi) is 7.25. The van der Waals surface area contributed by atoms with Gasteiger partial charge in [-0.1, -0.05) is 5.16 Å². The molecule has 0 aliphatic rings. The highest BCUT2D eigenvalue weighted by atomic mass is 35.5. The van der Waals surface area contributed by atoms with Crippen LogP contribution in [0.4, 0.5) is 0 Å². The van der Waals surface area contributed by atoms with Crippen molar-refractivity contribution in [3.63, 3.8) is 0 Å². The Balaban J connectivity index is 0.00000324. The number of oxime groups is 1. The summed E-state index contributed by atoms with van der Waals surface area (Å²) >= 11 is 0. The van der Waals surface area contributed by atoms with Crippen LogP contribution in [0.5, 0.6) is 0 Å². The van der Waals surface area contributed by atoms with Crippen LogP contribution in [-0.4, -0.2) is 16.0 Å². The molecule has 1 heterocycles. The van der Waals surface area contributed by atoms with Gasteiger partial charge in [-0.15, -0.1) is 12.3 Å². The third kappa shape index (κ3) is 4.96. The van der Waals surface area contributed by atoms with Gasteiger partial charge in [0.2, 0.25) is 0 Å².